The first kappa shape index (κ1) is 52.3. The number of hydrogen-bond donors (Lipinski definition) is 8. The van der Waals surface area contributed by atoms with Crippen molar-refractivity contribution in [2.45, 2.75) is 19.6 Å². The molecule has 9 rings (SSSR count). The van der Waals surface area contributed by atoms with Crippen LogP contribution in [0.2, 0.25) is 40.2 Å². The van der Waals surface area contributed by atoms with Crippen LogP contribution >= 0.6 is 92.8 Å². The molecule has 0 amide bonds. The zero-order valence-electron chi connectivity index (χ0n) is 34.9. The van der Waals surface area contributed by atoms with Crippen LogP contribution in [0, 0.1) is 0 Å². The van der Waals surface area contributed by atoms with E-state index in [0.717, 1.165) is 24.3 Å². The topological polar surface area (TPSA) is 281 Å². The molecule has 0 saturated heterocycles. The van der Waals surface area contributed by atoms with Crippen LogP contribution in [0.5, 0.6) is 0 Å². The third-order valence-electron chi connectivity index (χ3n) is 11.2. The maximum atomic E-state index is 12.7. The Morgan fingerprint density at radius 3 is 0.653 bits per heavy atom. The molecule has 5 heterocycles. The van der Waals surface area contributed by atoms with Gasteiger partial charge in [0, 0.05) is 88.7 Å². The third-order valence-corrected chi connectivity index (χ3v) is 18.1. The van der Waals surface area contributed by atoms with Gasteiger partial charge in [-0.25, -0.2) is 0 Å². The number of H-pyrrole nitrogens is 4. The Labute approximate surface area is 446 Å². The average Bonchev–Trinajstić information content (AvgIpc) is 4.11. The molecule has 0 fully saturated rings. The van der Waals surface area contributed by atoms with E-state index in [1.807, 2.05) is 0 Å². The predicted octanol–water partition coefficient (Wildman–Crippen LogP) is 8.52. The molecule has 72 heavy (non-hydrogen) atoms. The van der Waals surface area contributed by atoms with Crippen LogP contribution in [-0.4, -0.2) is 71.8 Å². The van der Waals surface area contributed by atoms with E-state index >= 15 is 0 Å². The second-order valence-corrected chi connectivity index (χ2v) is 24.2. The maximum Gasteiger partial charge on any atom is 0.296 e. The van der Waals surface area contributed by atoms with E-state index < -0.39 is 80.1 Å². The zero-order valence-corrected chi connectivity index (χ0v) is 44.3. The molecule has 8 N–H and O–H groups in total. The summed E-state index contributed by atoms with van der Waals surface area (Å²) in [4.78, 5) is 9.92. The van der Waals surface area contributed by atoms with E-state index in [1.165, 1.54) is 72.8 Å². The van der Waals surface area contributed by atoms with Crippen molar-refractivity contribution in [3.63, 3.8) is 0 Å². The lowest BCUT2D eigenvalue weighted by molar-refractivity contribution is 0.481. The van der Waals surface area contributed by atoms with Crippen LogP contribution in [0.1, 0.15) is 45.0 Å². The molecular weight excluding hydrogens is 1190 g/mol. The highest BCUT2D eigenvalue weighted by Crippen LogP contribution is 2.43. The van der Waals surface area contributed by atoms with Crippen molar-refractivity contribution in [1.82, 2.24) is 19.9 Å². The molecule has 0 spiro atoms. The summed E-state index contributed by atoms with van der Waals surface area (Å²) < 4.78 is 143. The van der Waals surface area contributed by atoms with Crippen molar-refractivity contribution in [3.05, 3.63) is 204 Å². The first-order chi connectivity index (χ1) is 33.6. The molecule has 0 atom stereocenters. The van der Waals surface area contributed by atoms with Crippen molar-refractivity contribution in [2.24, 2.45) is 0 Å². The Bertz CT molecular complexity index is 3900. The van der Waals surface area contributed by atoms with Crippen LogP contribution < -0.4 is 21.4 Å². The molecular formula is C44H24Cl8N4O12S4. The van der Waals surface area contributed by atoms with Gasteiger partial charge in [-0.1, -0.05) is 92.8 Å². The highest BCUT2D eigenvalue weighted by atomic mass is 35.5. The van der Waals surface area contributed by atoms with E-state index in [1.54, 1.807) is 0 Å². The minimum Gasteiger partial charge on any atom is -0.354 e. The Morgan fingerprint density at radius 2 is 0.472 bits per heavy atom. The number of hydrogen-bond acceptors (Lipinski definition) is 8. The highest BCUT2D eigenvalue weighted by Gasteiger charge is 2.30. The van der Waals surface area contributed by atoms with Gasteiger partial charge in [-0.15, -0.1) is 0 Å². The average molecular weight is 1210 g/mol. The number of fused-ring (bicyclic) bond motifs is 8. The first-order valence-electron chi connectivity index (χ1n) is 19.7. The SMILES string of the molecule is O=S(=O)(O)c1ccc(Cl)c(C2=c3ccc([nH]3)=C(c3c(Cl)ccc(S(=O)(=O)O)c3Cl)c3ccc([nH]3)C(c3c(Cl)ccc(S(=O)(=O)O)c3Cl)=c3ccc([nH]3)=C(c3c(Cl)ccc(S(=O)(=O)O)c3Cl)c3ccc2[nH]3)c1Cl. The van der Waals surface area contributed by atoms with Crippen LogP contribution in [0.25, 0.3) is 22.3 Å². The molecule has 8 bridgehead atoms. The molecule has 372 valence electrons. The monoisotopic (exact) mass is 1210 g/mol. The minimum absolute atomic E-state index is 0.0181. The van der Waals surface area contributed by atoms with Crippen molar-refractivity contribution in [2.75, 3.05) is 0 Å². The zero-order chi connectivity index (χ0) is 52.3. The fourth-order valence-corrected chi connectivity index (χ4v) is 13.9. The summed E-state index contributed by atoms with van der Waals surface area (Å²) in [6.07, 6.45) is 0. The molecule has 28 heteroatoms. The van der Waals surface area contributed by atoms with Crippen molar-refractivity contribution < 1.29 is 51.9 Å². The van der Waals surface area contributed by atoms with Crippen LogP contribution in [0.3, 0.4) is 0 Å². The molecule has 0 unspecified atom stereocenters. The van der Waals surface area contributed by atoms with Crippen molar-refractivity contribution >= 4 is 156 Å². The second-order valence-electron chi connectivity index (χ2n) is 15.5. The number of benzene rings is 4. The van der Waals surface area contributed by atoms with Gasteiger partial charge in [0.15, 0.2) is 0 Å². The van der Waals surface area contributed by atoms with Gasteiger partial charge in [0.05, 0.1) is 40.2 Å². The standard InChI is InChI=1S/C44H24Cl8N4O12S4/c45-17-1-13-29(69(57,58)59)41(49)33(17)37-21-5-7-23(53-21)38(34-18(46)2-14-30(42(34)50)70(60,61)62)25-9-11-27(55-25)40(36-20(48)4-16-32(44(36)52)72(66,67)68)28-12-10-26(56-28)39(24-8-6-22(37)54-24)35-19(47)3-15-31(43(35)51)71(63,64)65/h1-16,53-56H,(H,57,58,59)(H,60,61,62)(H,63,64,65)(H,66,67,68). The van der Waals surface area contributed by atoms with E-state index in [9.17, 15) is 51.9 Å². The lowest BCUT2D eigenvalue weighted by atomic mass is 10.0. The number of aromatic amines is 4. The normalized spacial score (nSPS) is 13.6. The van der Waals surface area contributed by atoms with Gasteiger partial charge < -0.3 is 19.9 Å². The summed E-state index contributed by atoms with van der Waals surface area (Å²) in [7, 11) is -20.0. The molecule has 4 aromatic heterocycles. The van der Waals surface area contributed by atoms with E-state index in [0.29, 0.717) is 0 Å². The smallest absolute Gasteiger partial charge is 0.296 e. The fourth-order valence-electron chi connectivity index (χ4n) is 8.25. The molecule has 8 aromatic rings. The summed E-state index contributed by atoms with van der Waals surface area (Å²) >= 11 is 54.8. The lowest BCUT2D eigenvalue weighted by Gasteiger charge is -2.15. The van der Waals surface area contributed by atoms with E-state index in [-0.39, 0.29) is 109 Å². The number of rotatable bonds is 8. The maximum absolute atomic E-state index is 12.7. The van der Waals surface area contributed by atoms with E-state index in [4.69, 9.17) is 92.8 Å². The van der Waals surface area contributed by atoms with Crippen molar-refractivity contribution in [3.8, 4) is 0 Å². The molecule has 1 aliphatic heterocycles. The summed E-state index contributed by atoms with van der Waals surface area (Å²) in [5.41, 5.74) is -0.250. The molecule has 0 radical (unpaired) electrons. The van der Waals surface area contributed by atoms with Crippen LogP contribution in [0.15, 0.2) is 117 Å². The second kappa shape index (κ2) is 18.7. The van der Waals surface area contributed by atoms with Crippen LogP contribution in [-0.2, 0) is 40.5 Å². The Kier molecular flexibility index (Phi) is 13.6. The van der Waals surface area contributed by atoms with E-state index in [2.05, 4.69) is 19.9 Å². The fraction of sp³-hybridized carbons (Fsp3) is 0. The Hall–Kier alpha value is -4.56. The van der Waals surface area contributed by atoms with Gasteiger partial charge in [0.1, 0.15) is 19.6 Å². The van der Waals surface area contributed by atoms with Gasteiger partial charge in [0.2, 0.25) is 0 Å². The van der Waals surface area contributed by atoms with Gasteiger partial charge in [-0.3, -0.25) is 18.2 Å². The van der Waals surface area contributed by atoms with Crippen molar-refractivity contribution in [1.29, 1.82) is 0 Å². The number of aromatic nitrogens is 4. The first-order valence-corrected chi connectivity index (χ1v) is 28.5. The quantitative estimate of drug-likeness (QED) is 0.0665. The summed E-state index contributed by atoms with van der Waals surface area (Å²) in [6, 6.07) is 20.4. The summed E-state index contributed by atoms with van der Waals surface area (Å²) in [5.74, 6) is 0. The van der Waals surface area contributed by atoms with Gasteiger partial charge in [-0.05, 0) is 97.1 Å². The third kappa shape index (κ3) is 9.25. The number of nitrogens with one attached hydrogen (secondary N) is 4. The molecule has 16 nitrogen and oxygen atoms in total. The largest absolute Gasteiger partial charge is 0.354 e. The Morgan fingerprint density at radius 1 is 0.278 bits per heavy atom. The molecule has 0 saturated carbocycles. The highest BCUT2D eigenvalue weighted by molar-refractivity contribution is 7.86. The summed E-state index contributed by atoms with van der Waals surface area (Å²) in [6.45, 7) is 0. The van der Waals surface area contributed by atoms with Gasteiger partial charge >= 0.3 is 0 Å². The molecule has 1 aliphatic rings. The minimum atomic E-state index is -5.01. The van der Waals surface area contributed by atoms with Gasteiger partial charge in [-0.2, -0.15) is 33.7 Å². The molecule has 0 aliphatic carbocycles. The predicted molar refractivity (Wildman–Crippen MR) is 273 cm³/mol. The Balaban J connectivity index is 1.55. The summed E-state index contributed by atoms with van der Waals surface area (Å²) in [5, 5.41) is -2.39. The van der Waals surface area contributed by atoms with Crippen LogP contribution in [0.4, 0.5) is 0 Å². The van der Waals surface area contributed by atoms with Gasteiger partial charge in [0.25, 0.3) is 40.5 Å². The molecule has 4 aromatic carbocycles. The number of halogens is 8. The lowest BCUT2D eigenvalue weighted by Crippen LogP contribution is -2.20.